The summed E-state index contributed by atoms with van der Waals surface area (Å²) >= 11 is 0. The van der Waals surface area contributed by atoms with Gasteiger partial charge in [-0.15, -0.1) is 4.99 Å². The predicted molar refractivity (Wildman–Crippen MR) is 85.4 cm³/mol. The third-order valence-corrected chi connectivity index (χ3v) is 4.47. The van der Waals surface area contributed by atoms with E-state index < -0.39 is 0 Å². The molecule has 0 spiro atoms. The molecule has 1 atom stereocenters. The second-order valence-corrected chi connectivity index (χ2v) is 5.93. The number of fused-ring (bicyclic) bond motifs is 3. The molecular formula is C16H21N5O. The minimum absolute atomic E-state index is 0.133. The summed E-state index contributed by atoms with van der Waals surface area (Å²) in [5.74, 6) is 1.04. The monoisotopic (exact) mass is 299 g/mol. The van der Waals surface area contributed by atoms with E-state index in [2.05, 4.69) is 31.2 Å². The first-order chi connectivity index (χ1) is 10.7. The molecule has 6 heteroatoms. The van der Waals surface area contributed by atoms with Gasteiger partial charge in [0.2, 0.25) is 5.95 Å². The number of hydrogen-bond donors (Lipinski definition) is 1. The molecule has 0 radical (unpaired) electrons. The number of hydrogen-bond acceptors (Lipinski definition) is 5. The summed E-state index contributed by atoms with van der Waals surface area (Å²) < 4.78 is 6.01. The van der Waals surface area contributed by atoms with Crippen LogP contribution in [-0.4, -0.2) is 46.6 Å². The highest BCUT2D eigenvalue weighted by molar-refractivity contribution is 5.88. The van der Waals surface area contributed by atoms with Crippen molar-refractivity contribution in [3.05, 3.63) is 17.5 Å². The van der Waals surface area contributed by atoms with Gasteiger partial charge >= 0.3 is 6.02 Å². The zero-order valence-electron chi connectivity index (χ0n) is 13.0. The molecule has 0 aromatic carbocycles. The smallest absolute Gasteiger partial charge is 0.305 e. The van der Waals surface area contributed by atoms with Crippen molar-refractivity contribution in [3.63, 3.8) is 0 Å². The Balaban J connectivity index is 1.69. The zero-order chi connectivity index (χ0) is 15.5. The Morgan fingerprint density at radius 1 is 1.45 bits per heavy atom. The number of nitrogens with one attached hydrogen (secondary N) is 1. The number of nitrogens with zero attached hydrogens (tertiary/aromatic N) is 4. The van der Waals surface area contributed by atoms with E-state index in [4.69, 9.17) is 11.2 Å². The summed E-state index contributed by atoms with van der Waals surface area (Å²) in [6.07, 6.45) is 9.56. The molecule has 1 unspecified atom stereocenters. The van der Waals surface area contributed by atoms with Gasteiger partial charge in [0.25, 0.3) is 0 Å². The van der Waals surface area contributed by atoms with E-state index in [1.807, 2.05) is 13.8 Å². The number of anilines is 1. The van der Waals surface area contributed by atoms with Gasteiger partial charge in [-0.3, -0.25) is 10.2 Å². The zero-order valence-corrected chi connectivity index (χ0v) is 13.0. The van der Waals surface area contributed by atoms with E-state index in [1.165, 1.54) is 25.9 Å². The number of rotatable bonds is 2. The van der Waals surface area contributed by atoms with Crippen LogP contribution in [0.25, 0.3) is 0 Å². The lowest BCUT2D eigenvalue weighted by atomic mass is 9.86. The van der Waals surface area contributed by atoms with Gasteiger partial charge in [0.15, 0.2) is 0 Å². The first-order valence-electron chi connectivity index (χ1n) is 7.65. The maximum atomic E-state index is 6.01. The van der Waals surface area contributed by atoms with Crippen LogP contribution in [0.2, 0.25) is 0 Å². The maximum absolute atomic E-state index is 6.01. The Hall–Kier alpha value is -2.13. The molecule has 0 aliphatic carbocycles. The third-order valence-electron chi connectivity index (χ3n) is 4.47. The number of ether oxygens (including phenoxy) is 1. The Bertz CT molecular complexity index is 613. The van der Waals surface area contributed by atoms with Crippen LogP contribution >= 0.6 is 0 Å². The molecule has 1 N–H and O–H groups in total. The van der Waals surface area contributed by atoms with Crippen molar-refractivity contribution in [1.82, 2.24) is 14.9 Å². The number of aliphatic imine (C=N–C) groups is 1. The average Bonchev–Trinajstić information content (AvgIpc) is 2.52. The van der Waals surface area contributed by atoms with Crippen molar-refractivity contribution in [1.29, 1.82) is 0 Å². The molecule has 3 saturated heterocycles. The van der Waals surface area contributed by atoms with E-state index in [1.54, 1.807) is 6.20 Å². The fraction of sp³-hybridized carbons (Fsp3) is 0.562. The Morgan fingerprint density at radius 3 is 2.82 bits per heavy atom. The van der Waals surface area contributed by atoms with Gasteiger partial charge in [0.1, 0.15) is 6.10 Å². The third kappa shape index (κ3) is 3.20. The molecule has 3 aliphatic heterocycles. The number of amidine groups is 1. The van der Waals surface area contributed by atoms with Gasteiger partial charge in [0, 0.05) is 24.5 Å². The van der Waals surface area contributed by atoms with Crippen LogP contribution < -0.4 is 5.32 Å². The second-order valence-electron chi connectivity index (χ2n) is 5.93. The van der Waals surface area contributed by atoms with E-state index in [-0.39, 0.29) is 6.10 Å². The molecule has 4 rings (SSSR count). The highest BCUT2D eigenvalue weighted by atomic mass is 16.5. The molecule has 116 valence electrons. The van der Waals surface area contributed by atoms with Crippen LogP contribution in [-0.2, 0) is 4.74 Å². The lowest BCUT2D eigenvalue weighted by Crippen LogP contribution is -2.52. The van der Waals surface area contributed by atoms with Crippen molar-refractivity contribution in [2.45, 2.75) is 32.8 Å². The highest BCUT2D eigenvalue weighted by Gasteiger charge is 2.36. The van der Waals surface area contributed by atoms with Crippen LogP contribution in [0.15, 0.2) is 11.2 Å². The maximum Gasteiger partial charge on any atom is 0.305 e. The molecule has 0 amide bonds. The summed E-state index contributed by atoms with van der Waals surface area (Å²) in [7, 11) is 0. The lowest BCUT2D eigenvalue weighted by molar-refractivity contribution is -0.0145. The topological polar surface area (TPSA) is 62.6 Å². The average molecular weight is 299 g/mol. The van der Waals surface area contributed by atoms with Gasteiger partial charge < -0.3 is 4.74 Å². The normalized spacial score (nSPS) is 27.3. The number of aryl methyl sites for hydroxylation is 2. The molecule has 22 heavy (non-hydrogen) atoms. The molecule has 3 fully saturated rings. The number of aromatic nitrogens is 2. The molecule has 6 nitrogen and oxygen atoms in total. The summed E-state index contributed by atoms with van der Waals surface area (Å²) in [5, 5.41) is 3.00. The standard InChI is InChI=1S/C16H21N5O/c1-4-17-16(20-15-18-9-11(2)12(3)19-15)22-14-10-21-7-5-13(14)6-8-21/h1,9,13-14H,5-8,10H2,2-3H3,(H,17,18,19,20). The van der Waals surface area contributed by atoms with Crippen LogP contribution in [0.3, 0.4) is 0 Å². The van der Waals surface area contributed by atoms with Crippen molar-refractivity contribution in [3.8, 4) is 12.5 Å². The summed E-state index contributed by atoms with van der Waals surface area (Å²) in [5.41, 5.74) is 1.96. The van der Waals surface area contributed by atoms with E-state index in [9.17, 15) is 0 Å². The molecule has 3 aliphatic rings. The first-order valence-corrected chi connectivity index (χ1v) is 7.65. The van der Waals surface area contributed by atoms with Crippen molar-refractivity contribution >= 4 is 12.0 Å². The summed E-state index contributed by atoms with van der Waals surface area (Å²) in [6, 6.07) is 2.59. The van der Waals surface area contributed by atoms with Crippen LogP contribution in [0, 0.1) is 32.2 Å². The van der Waals surface area contributed by atoms with Gasteiger partial charge in [-0.1, -0.05) is 6.42 Å². The predicted octanol–water partition coefficient (Wildman–Crippen LogP) is 1.56. The van der Waals surface area contributed by atoms with E-state index >= 15 is 0 Å². The minimum atomic E-state index is 0.133. The Kier molecular flexibility index (Phi) is 4.25. The molecule has 1 aromatic rings. The first kappa shape index (κ1) is 14.8. The highest BCUT2D eigenvalue weighted by Crippen LogP contribution is 2.29. The van der Waals surface area contributed by atoms with E-state index in [0.717, 1.165) is 17.8 Å². The quantitative estimate of drug-likeness (QED) is 0.510. The fourth-order valence-corrected chi connectivity index (χ4v) is 3.01. The lowest BCUT2D eigenvalue weighted by Gasteiger charge is -2.44. The van der Waals surface area contributed by atoms with Gasteiger partial charge in [-0.05, 0) is 51.3 Å². The molecule has 1 aromatic heterocycles. The Labute approximate surface area is 131 Å². The van der Waals surface area contributed by atoms with Gasteiger partial charge in [-0.2, -0.15) is 0 Å². The SMILES string of the molecule is C#CN=C(Nc1ncc(C)c(C)n1)OC1CN2CCC1CC2. The molecule has 0 saturated carbocycles. The van der Waals surface area contributed by atoms with Crippen molar-refractivity contribution in [2.24, 2.45) is 10.9 Å². The largest absolute Gasteiger partial charge is 0.459 e. The minimum Gasteiger partial charge on any atom is -0.459 e. The fourth-order valence-electron chi connectivity index (χ4n) is 3.01. The second kappa shape index (κ2) is 6.32. The van der Waals surface area contributed by atoms with Gasteiger partial charge in [-0.25, -0.2) is 9.97 Å². The number of piperidine rings is 3. The van der Waals surface area contributed by atoms with Crippen molar-refractivity contribution in [2.75, 3.05) is 25.0 Å². The summed E-state index contributed by atoms with van der Waals surface area (Å²) in [6.45, 7) is 7.18. The number of terminal acetylenes is 1. The van der Waals surface area contributed by atoms with Crippen LogP contribution in [0.4, 0.5) is 5.95 Å². The van der Waals surface area contributed by atoms with Crippen LogP contribution in [0.1, 0.15) is 24.1 Å². The van der Waals surface area contributed by atoms with Gasteiger partial charge in [0.05, 0.1) is 0 Å². The van der Waals surface area contributed by atoms with E-state index in [0.29, 0.717) is 17.9 Å². The van der Waals surface area contributed by atoms with Crippen molar-refractivity contribution < 1.29 is 4.74 Å². The summed E-state index contributed by atoms with van der Waals surface area (Å²) in [4.78, 5) is 15.0. The molecule has 2 bridgehead atoms. The Morgan fingerprint density at radius 2 is 2.23 bits per heavy atom. The molecular weight excluding hydrogens is 278 g/mol. The molecule has 4 heterocycles. The van der Waals surface area contributed by atoms with Crippen LogP contribution in [0.5, 0.6) is 0 Å².